The number of carboxylic acids is 1. The number of carbonyl (C=O) groups is 2. The summed E-state index contributed by atoms with van der Waals surface area (Å²) < 4.78 is 6.61. The van der Waals surface area contributed by atoms with Crippen LogP contribution in [0.15, 0.2) is 6.20 Å². The number of carboxylic acid groups (broad SMARTS) is 1. The molecule has 0 spiro atoms. The average Bonchev–Trinajstić information content (AvgIpc) is 2.72. The van der Waals surface area contributed by atoms with Crippen LogP contribution in [0.3, 0.4) is 0 Å². The second-order valence-electron chi connectivity index (χ2n) is 4.54. The van der Waals surface area contributed by atoms with Crippen molar-refractivity contribution in [2.75, 3.05) is 13.2 Å². The molecule has 19 heavy (non-hydrogen) atoms. The number of carbonyl (C=O) groups excluding carboxylic acids is 1. The van der Waals surface area contributed by atoms with E-state index in [0.717, 1.165) is 12.8 Å². The molecule has 2 heterocycles. The summed E-state index contributed by atoms with van der Waals surface area (Å²) in [6.45, 7) is 2.95. The number of rotatable bonds is 4. The van der Waals surface area contributed by atoms with Crippen LogP contribution < -0.4 is 5.32 Å². The van der Waals surface area contributed by atoms with E-state index in [1.54, 1.807) is 6.92 Å². The number of aryl methyl sites for hydroxylation is 1. The molecule has 1 fully saturated rings. The van der Waals surface area contributed by atoms with Gasteiger partial charge in [-0.3, -0.25) is 4.79 Å². The second-order valence-corrected chi connectivity index (χ2v) is 4.54. The third-order valence-electron chi connectivity index (χ3n) is 3.16. The van der Waals surface area contributed by atoms with Crippen molar-refractivity contribution >= 4 is 11.9 Å². The van der Waals surface area contributed by atoms with E-state index < -0.39 is 5.97 Å². The largest absolute Gasteiger partial charge is 0.477 e. The maximum Gasteiger partial charge on any atom is 0.354 e. The van der Waals surface area contributed by atoms with Crippen LogP contribution in [0.25, 0.3) is 0 Å². The van der Waals surface area contributed by atoms with Gasteiger partial charge in [0.25, 0.3) is 0 Å². The van der Waals surface area contributed by atoms with Crippen LogP contribution in [0.5, 0.6) is 0 Å². The molecule has 1 aliphatic rings. The van der Waals surface area contributed by atoms with E-state index in [0.29, 0.717) is 19.0 Å². The highest BCUT2D eigenvalue weighted by Gasteiger charge is 2.19. The Hall–Kier alpha value is -1.89. The minimum atomic E-state index is -1.08. The van der Waals surface area contributed by atoms with E-state index in [2.05, 4.69) is 10.3 Å². The molecule has 104 valence electrons. The SMILES string of the molecule is Cc1ncc(C(=O)O)n1CC(=O)NC1CCOCC1. The summed E-state index contributed by atoms with van der Waals surface area (Å²) >= 11 is 0. The third-order valence-corrected chi connectivity index (χ3v) is 3.16. The van der Waals surface area contributed by atoms with Gasteiger partial charge in [-0.2, -0.15) is 0 Å². The predicted octanol–water partition coefficient (Wildman–Crippen LogP) is 0.185. The molecule has 1 saturated heterocycles. The first-order valence-corrected chi connectivity index (χ1v) is 6.20. The van der Waals surface area contributed by atoms with Crippen LogP contribution in [-0.4, -0.2) is 45.8 Å². The lowest BCUT2D eigenvalue weighted by Gasteiger charge is -2.23. The molecule has 7 nitrogen and oxygen atoms in total. The second kappa shape index (κ2) is 5.83. The summed E-state index contributed by atoms with van der Waals surface area (Å²) in [5.41, 5.74) is 0.0274. The lowest BCUT2D eigenvalue weighted by molar-refractivity contribution is -0.123. The van der Waals surface area contributed by atoms with Crippen molar-refractivity contribution in [1.82, 2.24) is 14.9 Å². The van der Waals surface area contributed by atoms with Crippen molar-refractivity contribution in [2.45, 2.75) is 32.4 Å². The molecule has 0 atom stereocenters. The lowest BCUT2D eigenvalue weighted by atomic mass is 10.1. The maximum absolute atomic E-state index is 11.9. The molecule has 0 unspecified atom stereocenters. The van der Waals surface area contributed by atoms with Crippen LogP contribution in [0.1, 0.15) is 29.2 Å². The molecule has 2 rings (SSSR count). The van der Waals surface area contributed by atoms with Gasteiger partial charge in [0, 0.05) is 19.3 Å². The molecule has 2 N–H and O–H groups in total. The Morgan fingerprint density at radius 2 is 2.21 bits per heavy atom. The number of aromatic carboxylic acids is 1. The third kappa shape index (κ3) is 3.31. The fraction of sp³-hybridized carbons (Fsp3) is 0.583. The Balaban J connectivity index is 1.98. The van der Waals surface area contributed by atoms with Crippen molar-refractivity contribution in [2.24, 2.45) is 0 Å². The van der Waals surface area contributed by atoms with Crippen molar-refractivity contribution in [3.8, 4) is 0 Å². The van der Waals surface area contributed by atoms with E-state index in [1.165, 1.54) is 10.8 Å². The van der Waals surface area contributed by atoms with Gasteiger partial charge in [0.2, 0.25) is 5.91 Å². The van der Waals surface area contributed by atoms with Crippen molar-refractivity contribution < 1.29 is 19.4 Å². The summed E-state index contributed by atoms with van der Waals surface area (Å²) in [4.78, 5) is 26.8. The molecule has 0 aromatic carbocycles. The van der Waals surface area contributed by atoms with Crippen molar-refractivity contribution in [3.63, 3.8) is 0 Å². The summed E-state index contributed by atoms with van der Waals surface area (Å²) in [5.74, 6) is -0.769. The maximum atomic E-state index is 11.9. The number of imidazole rings is 1. The van der Waals surface area contributed by atoms with Gasteiger partial charge < -0.3 is 19.7 Å². The summed E-state index contributed by atoms with van der Waals surface area (Å²) in [5, 5.41) is 11.9. The predicted molar refractivity (Wildman–Crippen MR) is 65.9 cm³/mol. The fourth-order valence-electron chi connectivity index (χ4n) is 2.10. The first-order valence-electron chi connectivity index (χ1n) is 6.20. The molecule has 1 aromatic heterocycles. The normalized spacial score (nSPS) is 16.3. The number of amides is 1. The average molecular weight is 267 g/mol. The smallest absolute Gasteiger partial charge is 0.354 e. The van der Waals surface area contributed by atoms with Gasteiger partial charge in [-0.1, -0.05) is 0 Å². The molecule has 0 aliphatic carbocycles. The molecular formula is C12H17N3O4. The summed E-state index contributed by atoms with van der Waals surface area (Å²) in [6.07, 6.45) is 2.85. The lowest BCUT2D eigenvalue weighted by Crippen LogP contribution is -2.40. The van der Waals surface area contributed by atoms with Gasteiger partial charge in [0.1, 0.15) is 18.1 Å². The van der Waals surface area contributed by atoms with Gasteiger partial charge in [-0.05, 0) is 19.8 Å². The minimum Gasteiger partial charge on any atom is -0.477 e. The number of hydrogen-bond acceptors (Lipinski definition) is 4. The Morgan fingerprint density at radius 3 is 2.84 bits per heavy atom. The highest BCUT2D eigenvalue weighted by atomic mass is 16.5. The van der Waals surface area contributed by atoms with Crippen LogP contribution in [0, 0.1) is 6.92 Å². The number of nitrogens with one attached hydrogen (secondary N) is 1. The molecule has 0 radical (unpaired) electrons. The monoisotopic (exact) mass is 267 g/mol. The van der Waals surface area contributed by atoms with Crippen molar-refractivity contribution in [1.29, 1.82) is 0 Å². The fourth-order valence-corrected chi connectivity index (χ4v) is 2.10. The first-order chi connectivity index (χ1) is 9.08. The van der Waals surface area contributed by atoms with E-state index in [1.807, 2.05) is 0 Å². The number of nitrogens with zero attached hydrogens (tertiary/aromatic N) is 2. The summed E-state index contributed by atoms with van der Waals surface area (Å²) in [6, 6.07) is 0.110. The zero-order valence-electron chi connectivity index (χ0n) is 10.8. The molecule has 1 aliphatic heterocycles. The number of aromatic nitrogens is 2. The molecule has 7 heteroatoms. The highest BCUT2D eigenvalue weighted by Crippen LogP contribution is 2.08. The molecular weight excluding hydrogens is 250 g/mol. The topological polar surface area (TPSA) is 93.5 Å². The Morgan fingerprint density at radius 1 is 1.53 bits per heavy atom. The number of ether oxygens (including phenoxy) is 1. The Bertz CT molecular complexity index is 477. The quantitative estimate of drug-likeness (QED) is 0.812. The first kappa shape index (κ1) is 13.5. The zero-order valence-corrected chi connectivity index (χ0v) is 10.8. The van der Waals surface area contributed by atoms with Gasteiger partial charge >= 0.3 is 5.97 Å². The summed E-state index contributed by atoms with van der Waals surface area (Å²) in [7, 11) is 0. The highest BCUT2D eigenvalue weighted by molar-refractivity contribution is 5.86. The standard InChI is InChI=1S/C12H17N3O4/c1-8-13-6-10(12(17)18)15(8)7-11(16)14-9-2-4-19-5-3-9/h6,9H,2-5,7H2,1H3,(H,14,16)(H,17,18). The van der Waals surface area contributed by atoms with Crippen LogP contribution in [-0.2, 0) is 16.1 Å². The number of hydrogen-bond donors (Lipinski definition) is 2. The van der Waals surface area contributed by atoms with Crippen LogP contribution in [0.4, 0.5) is 0 Å². The molecule has 1 aromatic rings. The van der Waals surface area contributed by atoms with Gasteiger partial charge in [-0.25, -0.2) is 9.78 Å². The van der Waals surface area contributed by atoms with Gasteiger partial charge in [0.05, 0.1) is 6.20 Å². The van der Waals surface area contributed by atoms with Gasteiger partial charge in [-0.15, -0.1) is 0 Å². The van der Waals surface area contributed by atoms with E-state index in [4.69, 9.17) is 9.84 Å². The molecule has 0 bridgehead atoms. The van der Waals surface area contributed by atoms with Crippen molar-refractivity contribution in [3.05, 3.63) is 17.7 Å². The Labute approximate surface area is 110 Å². The minimum absolute atomic E-state index is 0.0230. The van der Waals surface area contributed by atoms with E-state index in [9.17, 15) is 9.59 Å². The zero-order chi connectivity index (χ0) is 13.8. The molecule has 0 saturated carbocycles. The van der Waals surface area contributed by atoms with Crippen LogP contribution >= 0.6 is 0 Å². The Kier molecular flexibility index (Phi) is 4.16. The van der Waals surface area contributed by atoms with Gasteiger partial charge in [0.15, 0.2) is 0 Å². The van der Waals surface area contributed by atoms with Crippen LogP contribution in [0.2, 0.25) is 0 Å². The van der Waals surface area contributed by atoms with E-state index >= 15 is 0 Å². The molecule has 1 amide bonds. The van der Waals surface area contributed by atoms with E-state index in [-0.39, 0.29) is 24.2 Å².